The van der Waals surface area contributed by atoms with Gasteiger partial charge in [-0.2, -0.15) is 0 Å². The molecule has 0 N–H and O–H groups in total. The Balaban J connectivity index is 1.73. The molecule has 252 valence electrons. The van der Waals surface area contributed by atoms with Gasteiger partial charge in [-0.3, -0.25) is 19.1 Å². The van der Waals surface area contributed by atoms with E-state index in [1.165, 1.54) is 34.8 Å². The van der Waals surface area contributed by atoms with Crippen molar-refractivity contribution >= 4 is 46.0 Å². The predicted molar refractivity (Wildman–Crippen MR) is 183 cm³/mol. The zero-order valence-electron chi connectivity index (χ0n) is 30.7. The largest absolute Gasteiger partial charge is 0.496 e. The number of carbonyl (C=O) groups excluding carboxylic acids is 2. The first-order chi connectivity index (χ1) is 23.9. The third-order valence-corrected chi connectivity index (χ3v) is 8.75. The highest BCUT2D eigenvalue weighted by Gasteiger charge is 2.45. The van der Waals surface area contributed by atoms with Crippen molar-refractivity contribution in [3.05, 3.63) is 69.0 Å². The van der Waals surface area contributed by atoms with Gasteiger partial charge in [-0.05, 0) is 63.4 Å². The minimum absolute atomic E-state index is 0.0217. The number of aromatic nitrogens is 3. The number of piperazine rings is 1. The Hall–Kier alpha value is -4.71. The van der Waals surface area contributed by atoms with Crippen LogP contribution in [0.3, 0.4) is 0 Å². The molecule has 1 atom stereocenters. The lowest BCUT2D eigenvalue weighted by atomic mass is 10.00. The summed E-state index contributed by atoms with van der Waals surface area (Å²) >= 11 is 6.92. The normalized spacial score (nSPS) is 17.5. The van der Waals surface area contributed by atoms with E-state index in [0.717, 1.165) is 0 Å². The maximum Gasteiger partial charge on any atom is 0.410 e. The van der Waals surface area contributed by atoms with Gasteiger partial charge in [-0.1, -0.05) is 31.5 Å². The van der Waals surface area contributed by atoms with Crippen LogP contribution in [0.1, 0.15) is 55.9 Å². The molecule has 4 aromatic rings. The second kappa shape index (κ2) is 12.1. The lowest BCUT2D eigenvalue weighted by Gasteiger charge is -2.47. The molecule has 0 aliphatic carbocycles. The summed E-state index contributed by atoms with van der Waals surface area (Å²) in [6, 6.07) is 6.26. The SMILES string of the molecule is [2H]C([2H])([2H])N1C(=O)[C@H]2CN(C(=O)OC(C)(C)C)CCN2c2c1c(=O)n(-c1c(C)ccnc1C(C)C)c1nc(-c3c(F)cccc3OC)c(Cl)cc21. The van der Waals surface area contributed by atoms with Crippen LogP contribution >= 0.6 is 11.6 Å². The number of methoxy groups -OCH3 is 1. The summed E-state index contributed by atoms with van der Waals surface area (Å²) in [6.07, 6.45) is 0.940. The average Bonchev–Trinajstić information content (AvgIpc) is 3.03. The number of aryl methyl sites for hydroxylation is 1. The number of halogens is 2. The number of rotatable bonds is 4. The fourth-order valence-corrected chi connectivity index (χ4v) is 6.58. The minimum Gasteiger partial charge on any atom is -0.496 e. The second-order valence-corrected chi connectivity index (χ2v) is 13.6. The van der Waals surface area contributed by atoms with E-state index in [2.05, 4.69) is 4.98 Å². The highest BCUT2D eigenvalue weighted by molar-refractivity contribution is 6.34. The number of fused-ring (bicyclic) bond motifs is 5. The lowest BCUT2D eigenvalue weighted by molar-refractivity contribution is -0.120. The standard InChI is InChI=1S/C35H38ClFN6O5/c1-18(2)26-28(19(3)12-13-38-26)43-31-20(16-21(36)27(39-31)25-22(37)10-9-11-24(25)47-8)29-30(33(43)45)40(7)32(44)23-17-41(14-15-42(23)29)34(46)48-35(4,5)6/h9-13,16,18,23H,14-15,17H2,1-8H3/t23-/m1/s1/i7D3. The summed E-state index contributed by atoms with van der Waals surface area (Å²) < 4.78 is 53.3. The summed E-state index contributed by atoms with van der Waals surface area (Å²) in [5, 5.41) is 0.204. The fraction of sp³-hybridized carbons (Fsp3) is 0.400. The Morgan fingerprint density at radius 3 is 2.56 bits per heavy atom. The Bertz CT molecular complexity index is 2150. The Kier molecular flexibility index (Phi) is 7.40. The van der Waals surface area contributed by atoms with Gasteiger partial charge in [0.25, 0.3) is 11.5 Å². The molecule has 0 unspecified atom stereocenters. The zero-order valence-corrected chi connectivity index (χ0v) is 28.5. The number of nitrogens with zero attached hydrogens (tertiary/aromatic N) is 6. The molecule has 1 fully saturated rings. The molecule has 6 rings (SSSR count). The first-order valence-corrected chi connectivity index (χ1v) is 15.9. The molecular formula is C35H38ClFN6O5. The van der Waals surface area contributed by atoms with Crippen molar-refractivity contribution < 1.29 is 27.6 Å². The third kappa shape index (κ3) is 5.41. The van der Waals surface area contributed by atoms with E-state index < -0.39 is 47.7 Å². The van der Waals surface area contributed by atoms with Crippen LogP contribution in [-0.2, 0) is 9.53 Å². The monoisotopic (exact) mass is 679 g/mol. The highest BCUT2D eigenvalue weighted by Crippen LogP contribution is 2.44. The van der Waals surface area contributed by atoms with Crippen LogP contribution in [0.15, 0.2) is 41.3 Å². The van der Waals surface area contributed by atoms with Crippen molar-refractivity contribution in [3.63, 3.8) is 0 Å². The molecule has 2 amide bonds. The zero-order chi connectivity index (χ0) is 37.3. The molecule has 2 aliphatic heterocycles. The van der Waals surface area contributed by atoms with E-state index in [0.29, 0.717) is 21.8 Å². The molecule has 1 saturated heterocycles. The van der Waals surface area contributed by atoms with Crippen LogP contribution in [-0.4, -0.2) is 76.8 Å². The molecule has 13 heteroatoms. The number of carbonyl (C=O) groups is 2. The molecule has 0 saturated carbocycles. The van der Waals surface area contributed by atoms with E-state index in [4.69, 9.17) is 30.2 Å². The molecule has 1 aromatic carbocycles. The summed E-state index contributed by atoms with van der Waals surface area (Å²) in [7, 11) is 1.38. The summed E-state index contributed by atoms with van der Waals surface area (Å²) in [5.41, 5.74) is -0.554. The number of amides is 2. The number of likely N-dealkylation sites (N-methyl/N-ethyl adjacent to an activating group) is 1. The number of benzene rings is 1. The Labute approximate surface area is 287 Å². The van der Waals surface area contributed by atoms with Crippen molar-refractivity contribution in [2.24, 2.45) is 0 Å². The van der Waals surface area contributed by atoms with Crippen molar-refractivity contribution in [2.75, 3.05) is 43.5 Å². The molecule has 11 nitrogen and oxygen atoms in total. The van der Waals surface area contributed by atoms with Crippen molar-refractivity contribution in [3.8, 4) is 22.7 Å². The number of pyridine rings is 3. The molecule has 2 aliphatic rings. The van der Waals surface area contributed by atoms with Crippen LogP contribution < -0.4 is 20.1 Å². The van der Waals surface area contributed by atoms with Crippen LogP contribution in [0, 0.1) is 12.7 Å². The van der Waals surface area contributed by atoms with Crippen molar-refractivity contribution in [1.29, 1.82) is 0 Å². The van der Waals surface area contributed by atoms with E-state index in [1.54, 1.807) is 50.9 Å². The number of anilines is 2. The predicted octanol–water partition coefficient (Wildman–Crippen LogP) is 6.08. The quantitative estimate of drug-likeness (QED) is 0.255. The maximum absolute atomic E-state index is 15.6. The van der Waals surface area contributed by atoms with Crippen molar-refractivity contribution in [1.82, 2.24) is 19.4 Å². The van der Waals surface area contributed by atoms with Crippen LogP contribution in [0.25, 0.3) is 28.0 Å². The molecule has 0 spiro atoms. The highest BCUT2D eigenvalue weighted by atomic mass is 35.5. The van der Waals surface area contributed by atoms with Gasteiger partial charge in [-0.25, -0.2) is 14.2 Å². The van der Waals surface area contributed by atoms with Gasteiger partial charge in [0.1, 0.15) is 28.9 Å². The molecular weight excluding hydrogens is 639 g/mol. The Morgan fingerprint density at radius 2 is 1.90 bits per heavy atom. The lowest BCUT2D eigenvalue weighted by Crippen LogP contribution is -2.64. The maximum atomic E-state index is 15.6. The topological polar surface area (TPSA) is 110 Å². The van der Waals surface area contributed by atoms with Gasteiger partial charge in [0.15, 0.2) is 5.65 Å². The smallest absolute Gasteiger partial charge is 0.410 e. The van der Waals surface area contributed by atoms with Gasteiger partial charge >= 0.3 is 6.09 Å². The van der Waals surface area contributed by atoms with E-state index >= 15 is 9.18 Å². The number of hydrogen-bond donors (Lipinski definition) is 0. The van der Waals surface area contributed by atoms with Gasteiger partial charge in [0, 0.05) is 35.8 Å². The summed E-state index contributed by atoms with van der Waals surface area (Å²) in [5.74, 6) is -1.62. The van der Waals surface area contributed by atoms with Gasteiger partial charge in [0.2, 0.25) is 0 Å². The minimum atomic E-state index is -3.11. The molecule has 3 aromatic heterocycles. The van der Waals surface area contributed by atoms with Crippen LogP contribution in [0.4, 0.5) is 20.6 Å². The van der Waals surface area contributed by atoms with Gasteiger partial charge < -0.3 is 24.2 Å². The number of ether oxygens (including phenoxy) is 2. The van der Waals surface area contributed by atoms with E-state index in [-0.39, 0.29) is 64.3 Å². The van der Waals surface area contributed by atoms with E-state index in [9.17, 15) is 9.59 Å². The molecule has 48 heavy (non-hydrogen) atoms. The summed E-state index contributed by atoms with van der Waals surface area (Å²) in [6.45, 7) is 7.52. The first kappa shape index (κ1) is 29.4. The number of hydrogen-bond acceptors (Lipinski definition) is 8. The second-order valence-electron chi connectivity index (χ2n) is 13.2. The van der Waals surface area contributed by atoms with E-state index in [1.807, 2.05) is 13.8 Å². The Morgan fingerprint density at radius 1 is 1.15 bits per heavy atom. The average molecular weight is 680 g/mol. The molecule has 0 bridgehead atoms. The fourth-order valence-electron chi connectivity index (χ4n) is 6.33. The van der Waals surface area contributed by atoms with Gasteiger partial charge in [0.05, 0.1) is 47.0 Å². The molecule has 5 heterocycles. The first-order valence-electron chi connectivity index (χ1n) is 17.0. The van der Waals surface area contributed by atoms with Gasteiger partial charge in [-0.15, -0.1) is 0 Å². The van der Waals surface area contributed by atoms with Crippen LogP contribution in [0.2, 0.25) is 5.02 Å². The summed E-state index contributed by atoms with van der Waals surface area (Å²) in [4.78, 5) is 55.4. The van der Waals surface area contributed by atoms with Crippen LogP contribution in [0.5, 0.6) is 5.75 Å². The third-order valence-electron chi connectivity index (χ3n) is 8.46. The molecule has 0 radical (unpaired) electrons. The van der Waals surface area contributed by atoms with Crippen molar-refractivity contribution in [2.45, 2.75) is 59.1 Å².